The van der Waals surface area contributed by atoms with Crippen LogP contribution in [0.15, 0.2) is 72.9 Å². The predicted molar refractivity (Wildman–Crippen MR) is 141 cm³/mol. The Hall–Kier alpha value is -3.71. The zero-order valence-corrected chi connectivity index (χ0v) is 20.9. The van der Waals surface area contributed by atoms with Gasteiger partial charge in [-0.2, -0.15) is 0 Å². The third kappa shape index (κ3) is 4.06. The summed E-state index contributed by atoms with van der Waals surface area (Å²) < 4.78 is 21.7. The van der Waals surface area contributed by atoms with Crippen molar-refractivity contribution in [2.75, 3.05) is 12.0 Å². The lowest BCUT2D eigenvalue weighted by molar-refractivity contribution is 0.414. The number of aromatic nitrogens is 2. The molecule has 1 aliphatic heterocycles. The zero-order valence-electron chi connectivity index (χ0n) is 20.1. The van der Waals surface area contributed by atoms with Crippen LogP contribution in [0.4, 0.5) is 10.1 Å². The van der Waals surface area contributed by atoms with Gasteiger partial charge in [0.05, 0.1) is 24.9 Å². The van der Waals surface area contributed by atoms with Crippen molar-refractivity contribution in [2.45, 2.75) is 32.9 Å². The van der Waals surface area contributed by atoms with Crippen molar-refractivity contribution < 1.29 is 9.13 Å². The summed E-state index contributed by atoms with van der Waals surface area (Å²) in [6.45, 7) is 5.99. The first-order chi connectivity index (χ1) is 16.9. The molecule has 1 N–H and O–H groups in total. The minimum Gasteiger partial charge on any atom is -0.497 e. The molecule has 0 radical (unpaired) electrons. The quantitative estimate of drug-likeness (QED) is 0.344. The van der Waals surface area contributed by atoms with Gasteiger partial charge in [0.1, 0.15) is 11.6 Å². The average molecular weight is 487 g/mol. The molecule has 178 valence electrons. The van der Waals surface area contributed by atoms with Crippen molar-refractivity contribution in [2.24, 2.45) is 0 Å². The number of rotatable bonds is 5. The van der Waals surface area contributed by atoms with E-state index in [1.165, 1.54) is 6.07 Å². The van der Waals surface area contributed by atoms with Gasteiger partial charge in [0.15, 0.2) is 5.11 Å². The van der Waals surface area contributed by atoms with Gasteiger partial charge in [-0.1, -0.05) is 6.07 Å². The van der Waals surface area contributed by atoms with Crippen LogP contribution in [-0.2, 0) is 0 Å². The lowest BCUT2D eigenvalue weighted by Gasteiger charge is -2.28. The highest BCUT2D eigenvalue weighted by molar-refractivity contribution is 7.80. The molecule has 4 aromatic rings. The van der Waals surface area contributed by atoms with Crippen molar-refractivity contribution in [1.29, 1.82) is 0 Å². The van der Waals surface area contributed by atoms with Crippen LogP contribution in [-0.4, -0.2) is 21.8 Å². The van der Waals surface area contributed by atoms with E-state index >= 15 is 0 Å². The summed E-state index contributed by atoms with van der Waals surface area (Å²) in [7, 11) is 1.67. The Morgan fingerprint density at radius 2 is 1.71 bits per heavy atom. The summed E-state index contributed by atoms with van der Waals surface area (Å²) in [5.41, 5.74) is 6.72. The molecule has 0 aliphatic carbocycles. The van der Waals surface area contributed by atoms with Crippen LogP contribution in [0.5, 0.6) is 5.75 Å². The molecule has 0 spiro atoms. The Morgan fingerprint density at radius 3 is 2.37 bits per heavy atom. The van der Waals surface area contributed by atoms with E-state index < -0.39 is 0 Å². The fourth-order valence-corrected chi connectivity index (χ4v) is 5.29. The highest BCUT2D eigenvalue weighted by Crippen LogP contribution is 2.44. The lowest BCUT2D eigenvalue weighted by Crippen LogP contribution is -2.29. The Labute approximate surface area is 210 Å². The third-order valence-corrected chi connectivity index (χ3v) is 6.95. The van der Waals surface area contributed by atoms with Crippen molar-refractivity contribution in [1.82, 2.24) is 14.9 Å². The number of nitrogens with zero attached hydrogens (tertiary/aromatic N) is 3. The van der Waals surface area contributed by atoms with Gasteiger partial charge >= 0.3 is 0 Å². The number of pyridine rings is 1. The van der Waals surface area contributed by atoms with E-state index in [0.717, 1.165) is 39.8 Å². The van der Waals surface area contributed by atoms with Crippen LogP contribution in [0, 0.1) is 26.6 Å². The van der Waals surface area contributed by atoms with Gasteiger partial charge in [-0.3, -0.25) is 4.98 Å². The zero-order chi connectivity index (χ0) is 24.7. The van der Waals surface area contributed by atoms with E-state index in [0.29, 0.717) is 10.7 Å². The highest BCUT2D eigenvalue weighted by atomic mass is 32.1. The normalized spacial score (nSPS) is 17.5. The summed E-state index contributed by atoms with van der Waals surface area (Å²) in [6.07, 6.45) is 1.79. The van der Waals surface area contributed by atoms with E-state index in [9.17, 15) is 4.39 Å². The molecule has 1 fully saturated rings. The average Bonchev–Trinajstić information content (AvgIpc) is 3.36. The van der Waals surface area contributed by atoms with Crippen LogP contribution in [0.3, 0.4) is 0 Å². The Balaban J connectivity index is 1.66. The summed E-state index contributed by atoms with van der Waals surface area (Å²) in [5.74, 6) is 0.581. The third-order valence-electron chi connectivity index (χ3n) is 6.64. The van der Waals surface area contributed by atoms with Crippen molar-refractivity contribution in [3.8, 4) is 11.4 Å². The van der Waals surface area contributed by atoms with Gasteiger partial charge in [-0.15, -0.1) is 0 Å². The molecule has 2 atom stereocenters. The summed E-state index contributed by atoms with van der Waals surface area (Å²) >= 11 is 5.83. The maximum atomic E-state index is 14.1. The van der Waals surface area contributed by atoms with Gasteiger partial charge in [0.25, 0.3) is 0 Å². The first kappa shape index (κ1) is 23.1. The number of hydrogen-bond donors (Lipinski definition) is 1. The Morgan fingerprint density at radius 1 is 0.971 bits per heavy atom. The Bertz CT molecular complexity index is 1380. The minimum absolute atomic E-state index is 0.166. The molecule has 0 bridgehead atoms. The van der Waals surface area contributed by atoms with E-state index in [2.05, 4.69) is 51.8 Å². The summed E-state index contributed by atoms with van der Waals surface area (Å²) in [4.78, 5) is 6.72. The van der Waals surface area contributed by atoms with E-state index in [1.807, 2.05) is 36.4 Å². The molecule has 1 aliphatic rings. The number of methoxy groups -OCH3 is 1. The number of nitrogens with one attached hydrogen (secondary N) is 1. The molecule has 7 heteroatoms. The molecular formula is C28H27FN4OS. The van der Waals surface area contributed by atoms with Crippen molar-refractivity contribution in [3.05, 3.63) is 107 Å². The van der Waals surface area contributed by atoms with Crippen molar-refractivity contribution >= 4 is 23.0 Å². The van der Waals surface area contributed by atoms with Crippen LogP contribution >= 0.6 is 12.2 Å². The maximum absolute atomic E-state index is 14.1. The molecule has 3 heterocycles. The number of benzene rings is 2. The SMILES string of the molecule is COc1ccc(-n2c(C)cc([C@H]3[C@@H](c4ccccn4)NC(=S)N3c3ccc(F)c(C)c3)c2C)cc1. The number of ether oxygens (including phenoxy) is 1. The van der Waals surface area contributed by atoms with Gasteiger partial charge in [0.2, 0.25) is 0 Å². The largest absolute Gasteiger partial charge is 0.497 e. The number of halogens is 1. The highest BCUT2D eigenvalue weighted by Gasteiger charge is 2.42. The molecule has 0 saturated carbocycles. The molecule has 2 aromatic heterocycles. The topological polar surface area (TPSA) is 42.3 Å². The second kappa shape index (κ2) is 9.15. The molecule has 0 amide bonds. The predicted octanol–water partition coefficient (Wildman–Crippen LogP) is 6.12. The smallest absolute Gasteiger partial charge is 0.174 e. The standard InChI is InChI=1S/C28H27FN4OS/c1-17-15-21(10-13-24(17)29)33-27(26(31-28(33)35)25-7-5-6-14-30-25)23-16-18(2)32(19(23)3)20-8-11-22(34-4)12-9-20/h5-16,26-27H,1-4H3,(H,31,35)/t26-,27+/m1/s1. The van der Waals surface area contributed by atoms with Crippen LogP contribution < -0.4 is 15.0 Å². The molecule has 5 rings (SSSR count). The molecule has 0 unspecified atom stereocenters. The van der Waals surface area contributed by atoms with Crippen LogP contribution in [0.25, 0.3) is 5.69 Å². The number of hydrogen-bond acceptors (Lipinski definition) is 3. The monoisotopic (exact) mass is 486 g/mol. The van der Waals surface area contributed by atoms with Crippen LogP contribution in [0.2, 0.25) is 0 Å². The fourth-order valence-electron chi connectivity index (χ4n) is 4.94. The first-order valence-electron chi connectivity index (χ1n) is 11.5. The maximum Gasteiger partial charge on any atom is 0.174 e. The number of anilines is 1. The molecular weight excluding hydrogens is 459 g/mol. The number of aryl methyl sites for hydroxylation is 2. The Kier molecular flexibility index (Phi) is 6.03. The molecule has 35 heavy (non-hydrogen) atoms. The van der Waals surface area contributed by atoms with Gasteiger partial charge in [-0.05, 0) is 105 Å². The fraction of sp³-hybridized carbons (Fsp3) is 0.214. The van der Waals surface area contributed by atoms with Crippen LogP contribution in [0.1, 0.15) is 40.3 Å². The van der Waals surface area contributed by atoms with E-state index in [4.69, 9.17) is 17.0 Å². The van der Waals surface area contributed by atoms with E-state index in [-0.39, 0.29) is 17.9 Å². The van der Waals surface area contributed by atoms with Gasteiger partial charge in [0, 0.05) is 29.0 Å². The molecule has 5 nitrogen and oxygen atoms in total. The second-order valence-corrected chi connectivity index (χ2v) is 9.18. The second-order valence-electron chi connectivity index (χ2n) is 8.79. The van der Waals surface area contributed by atoms with Crippen molar-refractivity contribution in [3.63, 3.8) is 0 Å². The van der Waals surface area contributed by atoms with E-state index in [1.54, 1.807) is 26.3 Å². The summed E-state index contributed by atoms with van der Waals surface area (Å²) in [5, 5.41) is 4.08. The van der Waals surface area contributed by atoms with Gasteiger partial charge in [-0.25, -0.2) is 4.39 Å². The molecule has 2 aromatic carbocycles. The lowest BCUT2D eigenvalue weighted by atomic mass is 9.96. The first-order valence-corrected chi connectivity index (χ1v) is 11.9. The summed E-state index contributed by atoms with van der Waals surface area (Å²) in [6, 6.07) is 20.9. The molecule has 1 saturated heterocycles. The van der Waals surface area contributed by atoms with Gasteiger partial charge < -0.3 is 19.5 Å². The number of thiocarbonyl (C=S) groups is 1. The minimum atomic E-state index is -0.234.